The lowest BCUT2D eigenvalue weighted by molar-refractivity contribution is 0.276. The van der Waals surface area contributed by atoms with Crippen LogP contribution in [0.1, 0.15) is 89.5 Å². The van der Waals surface area contributed by atoms with Crippen LogP contribution in [-0.4, -0.2) is 19.9 Å². The maximum atomic E-state index is 7.01. The van der Waals surface area contributed by atoms with Gasteiger partial charge < -0.3 is 66.8 Å². The number of H-pyrrole nitrogens is 2. The van der Waals surface area contributed by atoms with E-state index < -0.39 is 0 Å². The van der Waals surface area contributed by atoms with E-state index in [1.54, 1.807) is 0 Å². The second kappa shape index (κ2) is 41.8. The van der Waals surface area contributed by atoms with Crippen LogP contribution in [0.2, 0.25) is 0 Å². The van der Waals surface area contributed by atoms with Crippen molar-refractivity contribution in [3.05, 3.63) is 478 Å². The predicted molar refractivity (Wildman–Crippen MR) is 519 cm³/mol. The third kappa shape index (κ3) is 23.4. The highest BCUT2D eigenvalue weighted by atomic mass is 16.5. The summed E-state index contributed by atoms with van der Waals surface area (Å²) in [5.41, 5.74) is 20.7. The van der Waals surface area contributed by atoms with Gasteiger partial charge in [0.05, 0.1) is 22.8 Å². The Morgan fingerprint density at radius 1 is 0.167 bits per heavy atom. The number of aromatic nitrogens is 4. The summed E-state index contributed by atoms with van der Waals surface area (Å²) in [4.78, 5) is 18.5. The molecule has 2 aliphatic rings. The number of ether oxygens (including phenoxy) is 12. The summed E-state index contributed by atoms with van der Waals surface area (Å²) in [7, 11) is 0. The second-order valence-corrected chi connectivity index (χ2v) is 32.2. The van der Waals surface area contributed by atoms with E-state index in [9.17, 15) is 0 Å². The molecule has 650 valence electrons. The van der Waals surface area contributed by atoms with Crippen molar-refractivity contribution in [2.24, 2.45) is 0 Å². The molecule has 0 saturated carbocycles. The SMILES string of the molecule is C1=Cc2nc1cc1ccc([nH]1)c(-c1cc(OCc3cc(OCc4ccccc4)cc(OCc4ccccc4)c3)cc(OCc3cc(OCc4ccccc4)cc(OCc4ccccc4)c3)c1)c1nc(cc3ccc([nH]3)c2-c2cc(OCc3cc(OCc4ccccc4)cc(OCc4ccccc4)c3)cc(OCc3cc(OCc4ccccc4)cc(OCc4ccccc4)c3)c2)C=C1. The number of nitrogens with one attached hydrogen (secondary N) is 2. The molecule has 0 aliphatic carbocycles. The molecule has 14 aromatic carbocycles. The zero-order chi connectivity index (χ0) is 88.7. The third-order valence-electron chi connectivity index (χ3n) is 22.1. The molecular formula is C116H94N4O12. The number of nitrogens with zero attached hydrogens (tertiary/aromatic N) is 2. The van der Waals surface area contributed by atoms with Gasteiger partial charge in [-0.05, 0) is 211 Å². The molecular weight excluding hydrogens is 1640 g/mol. The van der Waals surface area contributed by atoms with E-state index in [0.29, 0.717) is 145 Å². The molecule has 0 amide bonds. The summed E-state index contributed by atoms with van der Waals surface area (Å²) >= 11 is 0. The van der Waals surface area contributed by atoms with Crippen LogP contribution in [0.5, 0.6) is 69.0 Å². The smallest absolute Gasteiger partial charge is 0.124 e. The largest absolute Gasteiger partial charge is 0.489 e. The Labute approximate surface area is 766 Å². The van der Waals surface area contributed by atoms with E-state index in [2.05, 4.69) is 34.2 Å². The van der Waals surface area contributed by atoms with Gasteiger partial charge in [0, 0.05) is 69.6 Å². The summed E-state index contributed by atoms with van der Waals surface area (Å²) in [5, 5.41) is 0. The molecule has 16 nitrogen and oxygen atoms in total. The number of fused-ring (bicyclic) bond motifs is 8. The first-order valence-electron chi connectivity index (χ1n) is 44.0. The molecule has 2 aliphatic heterocycles. The summed E-state index contributed by atoms with van der Waals surface area (Å²) in [6.07, 6.45) is 8.16. The van der Waals surface area contributed by atoms with Gasteiger partial charge in [-0.15, -0.1) is 0 Å². The Hall–Kier alpha value is -16.7. The van der Waals surface area contributed by atoms with Gasteiger partial charge in [0.1, 0.15) is 148 Å². The van der Waals surface area contributed by atoms with Crippen molar-refractivity contribution in [2.45, 2.75) is 79.3 Å². The summed E-state index contributed by atoms with van der Waals surface area (Å²) in [5.74, 6) is 7.23. The minimum absolute atomic E-state index is 0.143. The fourth-order valence-corrected chi connectivity index (χ4v) is 15.6. The molecule has 0 saturated heterocycles. The highest BCUT2D eigenvalue weighted by molar-refractivity contribution is 5.94. The molecule has 0 unspecified atom stereocenters. The highest BCUT2D eigenvalue weighted by Gasteiger charge is 2.21. The third-order valence-corrected chi connectivity index (χ3v) is 22.1. The fraction of sp³-hybridized carbons (Fsp3) is 0.103. The topological polar surface area (TPSA) is 168 Å². The van der Waals surface area contributed by atoms with Crippen LogP contribution < -0.4 is 56.8 Å². The van der Waals surface area contributed by atoms with Crippen LogP contribution in [0.25, 0.3) is 68.6 Å². The molecule has 17 aromatic rings. The van der Waals surface area contributed by atoms with Gasteiger partial charge in [0.25, 0.3) is 0 Å². The molecule has 8 bridgehead atoms. The number of aromatic amines is 2. The molecule has 2 N–H and O–H groups in total. The first-order valence-corrected chi connectivity index (χ1v) is 44.0. The van der Waals surface area contributed by atoms with Crippen LogP contribution in [-0.2, 0) is 79.3 Å². The van der Waals surface area contributed by atoms with Crippen molar-refractivity contribution in [3.63, 3.8) is 0 Å². The summed E-state index contributed by atoms with van der Waals surface area (Å²) in [6, 6.07) is 129. The lowest BCUT2D eigenvalue weighted by atomic mass is 10.0. The number of hydrogen-bond acceptors (Lipinski definition) is 14. The van der Waals surface area contributed by atoms with E-state index in [1.165, 1.54) is 0 Å². The number of rotatable bonds is 38. The van der Waals surface area contributed by atoms with Crippen LogP contribution in [0, 0.1) is 0 Å². The van der Waals surface area contributed by atoms with E-state index in [1.807, 2.05) is 388 Å². The average molecular weight is 1740 g/mol. The van der Waals surface area contributed by atoms with Gasteiger partial charge in [-0.3, -0.25) is 0 Å². The van der Waals surface area contributed by atoms with Gasteiger partial charge in [-0.2, -0.15) is 0 Å². The van der Waals surface area contributed by atoms with E-state index in [4.69, 9.17) is 66.8 Å². The van der Waals surface area contributed by atoms with E-state index in [-0.39, 0.29) is 26.4 Å². The monoisotopic (exact) mass is 1730 g/mol. The van der Waals surface area contributed by atoms with Crippen LogP contribution >= 0.6 is 0 Å². The Morgan fingerprint density at radius 2 is 0.348 bits per heavy atom. The molecule has 0 spiro atoms. The molecule has 0 fully saturated rings. The average Bonchev–Trinajstić information content (AvgIpc) is 1.60. The van der Waals surface area contributed by atoms with Crippen molar-refractivity contribution in [2.75, 3.05) is 0 Å². The van der Waals surface area contributed by atoms with E-state index in [0.717, 1.165) is 111 Å². The van der Waals surface area contributed by atoms with Gasteiger partial charge in [0.15, 0.2) is 0 Å². The Bertz CT molecular complexity index is 6040. The maximum Gasteiger partial charge on any atom is 0.124 e. The van der Waals surface area contributed by atoms with E-state index >= 15 is 0 Å². The summed E-state index contributed by atoms with van der Waals surface area (Å²) < 4.78 is 80.1. The Balaban J connectivity index is 0.688. The molecule has 132 heavy (non-hydrogen) atoms. The van der Waals surface area contributed by atoms with Crippen molar-refractivity contribution in [1.82, 2.24) is 19.9 Å². The lowest BCUT2D eigenvalue weighted by Crippen LogP contribution is -2.03. The maximum absolute atomic E-state index is 7.01. The quantitative estimate of drug-likeness (QED) is 0.0375. The summed E-state index contributed by atoms with van der Waals surface area (Å²) in [6.45, 7) is 3.46. The number of hydrogen-bond donors (Lipinski definition) is 2. The second-order valence-electron chi connectivity index (χ2n) is 32.2. The molecule has 0 atom stereocenters. The first kappa shape index (κ1) is 84.8. The van der Waals surface area contributed by atoms with Gasteiger partial charge in [-0.25, -0.2) is 9.97 Å². The molecule has 16 heteroatoms. The zero-order valence-electron chi connectivity index (χ0n) is 72.5. The molecule has 19 rings (SSSR count). The molecule has 0 radical (unpaired) electrons. The normalized spacial score (nSPS) is 11.3. The first-order chi connectivity index (χ1) is 65.2. The predicted octanol–water partition coefficient (Wildman–Crippen LogP) is 26.9. The molecule has 3 aromatic heterocycles. The fourth-order valence-electron chi connectivity index (χ4n) is 15.6. The van der Waals surface area contributed by atoms with Gasteiger partial charge >= 0.3 is 0 Å². The standard InChI is InChI=1S/C116H94N4O12/c1-9-25-81(26-10-1)69-121-99-49-89(50-100(63-99)122-70-82-27-11-2-12-28-82)77-129-107-57-93(58-108(67-107)130-78-90-51-101(123-71-83-29-13-3-14-30-83)64-102(52-90)124-72-84-31-15-4-16-32-84)115-111-45-41-95(117-111)61-97-43-47-113(119-97)116(114-48-44-98(120-114)62-96-42-46-112(115)118-96)94-59-109(131-79-91-53-103(125-73-85-33-17-5-18-34-85)65-104(54-91)126-74-86-35-19-6-20-36-86)68-110(60-94)132-80-92-55-105(127-75-87-37-21-7-22-38-87)66-106(56-92)128-76-88-39-23-8-24-40-88/h1-68,117,120H,69-80H2. The minimum atomic E-state index is 0.143. The van der Waals surface area contributed by atoms with Crippen molar-refractivity contribution >= 4 is 46.4 Å². The Morgan fingerprint density at radius 3 is 0.545 bits per heavy atom. The zero-order valence-corrected chi connectivity index (χ0v) is 72.5. The van der Waals surface area contributed by atoms with Crippen LogP contribution in [0.3, 0.4) is 0 Å². The molecule has 5 heterocycles. The van der Waals surface area contributed by atoms with Crippen molar-refractivity contribution in [3.8, 4) is 91.2 Å². The van der Waals surface area contributed by atoms with Crippen LogP contribution in [0.4, 0.5) is 0 Å². The minimum Gasteiger partial charge on any atom is -0.489 e. The number of benzene rings is 14. The Kier molecular flexibility index (Phi) is 26.8. The van der Waals surface area contributed by atoms with Crippen molar-refractivity contribution in [1.29, 1.82) is 0 Å². The van der Waals surface area contributed by atoms with Crippen molar-refractivity contribution < 1.29 is 56.8 Å². The van der Waals surface area contributed by atoms with Crippen LogP contribution in [0.15, 0.2) is 388 Å². The van der Waals surface area contributed by atoms with Gasteiger partial charge in [-0.1, -0.05) is 243 Å². The highest BCUT2D eigenvalue weighted by Crippen LogP contribution is 2.41. The lowest BCUT2D eigenvalue weighted by Gasteiger charge is -2.16. The van der Waals surface area contributed by atoms with Gasteiger partial charge in [0.2, 0.25) is 0 Å².